The zero-order valence-electron chi connectivity index (χ0n) is 10.2. The van der Waals surface area contributed by atoms with E-state index in [0.29, 0.717) is 5.92 Å². The number of rotatable bonds is 4. The molecule has 17 heavy (non-hydrogen) atoms. The van der Waals surface area contributed by atoms with Gasteiger partial charge in [0.15, 0.2) is 0 Å². The number of hydrogen-bond acceptors (Lipinski definition) is 2. The normalized spacial score (nSPS) is 22.9. The average Bonchev–Trinajstić information content (AvgIpc) is 3.15. The molecule has 0 spiro atoms. The molecule has 2 unspecified atom stereocenters. The van der Waals surface area contributed by atoms with Crippen molar-refractivity contribution in [1.82, 2.24) is 10.3 Å². The van der Waals surface area contributed by atoms with Crippen molar-refractivity contribution in [3.63, 3.8) is 0 Å². The molecule has 1 aromatic heterocycles. The summed E-state index contributed by atoms with van der Waals surface area (Å²) >= 11 is 0. The first kappa shape index (κ1) is 10.7. The lowest BCUT2D eigenvalue weighted by atomic mass is 10.0. The molecule has 2 nitrogen and oxygen atoms in total. The summed E-state index contributed by atoms with van der Waals surface area (Å²) in [5.41, 5.74) is 2.63. The van der Waals surface area contributed by atoms with E-state index < -0.39 is 0 Å². The minimum absolute atomic E-state index is 0.715. The van der Waals surface area contributed by atoms with Gasteiger partial charge in [0.2, 0.25) is 0 Å². The first-order valence-electron chi connectivity index (χ1n) is 6.44. The topological polar surface area (TPSA) is 24.9 Å². The average molecular weight is 226 g/mol. The van der Waals surface area contributed by atoms with Crippen molar-refractivity contribution < 1.29 is 0 Å². The third-order valence-corrected chi connectivity index (χ3v) is 3.64. The molecule has 3 rings (SSSR count). The molecule has 0 bridgehead atoms. The molecule has 0 radical (unpaired) electrons. The van der Waals surface area contributed by atoms with Crippen LogP contribution in [0.15, 0.2) is 36.5 Å². The van der Waals surface area contributed by atoms with Crippen molar-refractivity contribution in [2.45, 2.75) is 19.3 Å². The summed E-state index contributed by atoms with van der Waals surface area (Å²) in [6.07, 6.45) is 3.20. The second-order valence-corrected chi connectivity index (χ2v) is 4.83. The van der Waals surface area contributed by atoms with Crippen LogP contribution in [0.4, 0.5) is 0 Å². The monoisotopic (exact) mass is 226 g/mol. The van der Waals surface area contributed by atoms with Gasteiger partial charge in [-0.05, 0) is 43.0 Å². The van der Waals surface area contributed by atoms with E-state index >= 15 is 0 Å². The number of fused-ring (bicyclic) bond motifs is 1. The number of hydrogen-bond donors (Lipinski definition) is 1. The summed E-state index contributed by atoms with van der Waals surface area (Å²) in [4.78, 5) is 4.54. The van der Waals surface area contributed by atoms with Gasteiger partial charge < -0.3 is 5.32 Å². The van der Waals surface area contributed by atoms with E-state index in [9.17, 15) is 0 Å². The van der Waals surface area contributed by atoms with E-state index in [1.54, 1.807) is 0 Å². The maximum Gasteiger partial charge on any atom is 0.0736 e. The molecular weight excluding hydrogens is 208 g/mol. The third-order valence-electron chi connectivity index (χ3n) is 3.64. The van der Waals surface area contributed by atoms with Gasteiger partial charge >= 0.3 is 0 Å². The van der Waals surface area contributed by atoms with E-state index in [2.05, 4.69) is 41.5 Å². The molecule has 1 saturated carbocycles. The second kappa shape index (κ2) is 4.46. The minimum Gasteiger partial charge on any atom is -0.317 e. The predicted molar refractivity (Wildman–Crippen MR) is 71.1 cm³/mol. The molecule has 1 fully saturated rings. The summed E-state index contributed by atoms with van der Waals surface area (Å²) < 4.78 is 0. The quantitative estimate of drug-likeness (QED) is 0.867. The van der Waals surface area contributed by atoms with E-state index in [1.807, 2.05) is 12.3 Å². The van der Waals surface area contributed by atoms with Crippen LogP contribution in [0.2, 0.25) is 0 Å². The lowest BCUT2D eigenvalue weighted by Crippen LogP contribution is -2.16. The Morgan fingerprint density at radius 3 is 3.06 bits per heavy atom. The highest BCUT2D eigenvalue weighted by molar-refractivity contribution is 5.82. The minimum atomic E-state index is 0.715. The number of pyridine rings is 1. The fourth-order valence-corrected chi connectivity index (χ4v) is 2.61. The van der Waals surface area contributed by atoms with Gasteiger partial charge in [0.1, 0.15) is 0 Å². The van der Waals surface area contributed by atoms with Crippen LogP contribution < -0.4 is 5.32 Å². The molecular formula is C15H18N2. The first-order valence-corrected chi connectivity index (χ1v) is 6.44. The third kappa shape index (κ3) is 2.05. The lowest BCUT2D eigenvalue weighted by molar-refractivity contribution is 0.650. The van der Waals surface area contributed by atoms with Crippen LogP contribution >= 0.6 is 0 Å². The zero-order valence-corrected chi connectivity index (χ0v) is 10.2. The van der Waals surface area contributed by atoms with Gasteiger partial charge in [0, 0.05) is 11.6 Å². The Balaban J connectivity index is 1.87. The molecule has 88 valence electrons. The SMILES string of the molecule is CCNCC1CC1c1cccc2cccnc12. The molecule has 0 amide bonds. The molecule has 1 aliphatic rings. The first-order chi connectivity index (χ1) is 8.40. The molecule has 1 aliphatic carbocycles. The maximum absolute atomic E-state index is 4.54. The van der Waals surface area contributed by atoms with Crippen LogP contribution in [-0.4, -0.2) is 18.1 Å². The van der Waals surface area contributed by atoms with Gasteiger partial charge in [0.05, 0.1) is 5.52 Å². The Morgan fingerprint density at radius 1 is 1.29 bits per heavy atom. The number of benzene rings is 1. The van der Waals surface area contributed by atoms with Crippen LogP contribution in [-0.2, 0) is 0 Å². The van der Waals surface area contributed by atoms with Crippen LogP contribution in [0.1, 0.15) is 24.8 Å². The largest absolute Gasteiger partial charge is 0.317 e. The van der Waals surface area contributed by atoms with Gasteiger partial charge in [-0.15, -0.1) is 0 Å². The summed E-state index contributed by atoms with van der Waals surface area (Å²) in [7, 11) is 0. The molecule has 1 heterocycles. The van der Waals surface area contributed by atoms with Crippen molar-refractivity contribution in [2.75, 3.05) is 13.1 Å². The summed E-state index contributed by atoms with van der Waals surface area (Å²) in [6, 6.07) is 10.7. The van der Waals surface area contributed by atoms with Crippen molar-refractivity contribution in [2.24, 2.45) is 5.92 Å². The fraction of sp³-hybridized carbons (Fsp3) is 0.400. The summed E-state index contributed by atoms with van der Waals surface area (Å²) in [5.74, 6) is 1.52. The Morgan fingerprint density at radius 2 is 2.18 bits per heavy atom. The van der Waals surface area contributed by atoms with E-state index in [4.69, 9.17) is 0 Å². The highest BCUT2D eigenvalue weighted by Crippen LogP contribution is 2.48. The van der Waals surface area contributed by atoms with Crippen molar-refractivity contribution in [3.05, 3.63) is 42.1 Å². The number of para-hydroxylation sites is 1. The number of aromatic nitrogens is 1. The highest BCUT2D eigenvalue weighted by atomic mass is 14.9. The van der Waals surface area contributed by atoms with E-state index in [1.165, 1.54) is 22.9 Å². The Hall–Kier alpha value is -1.41. The fourth-order valence-electron chi connectivity index (χ4n) is 2.61. The van der Waals surface area contributed by atoms with E-state index in [-0.39, 0.29) is 0 Å². The summed E-state index contributed by atoms with van der Waals surface area (Å²) in [6.45, 7) is 4.37. The van der Waals surface area contributed by atoms with Crippen molar-refractivity contribution in [3.8, 4) is 0 Å². The van der Waals surface area contributed by atoms with Crippen LogP contribution in [0.25, 0.3) is 10.9 Å². The predicted octanol–water partition coefficient (Wildman–Crippen LogP) is 2.95. The molecule has 2 heteroatoms. The van der Waals surface area contributed by atoms with Gasteiger partial charge in [-0.25, -0.2) is 0 Å². The number of nitrogens with one attached hydrogen (secondary N) is 1. The summed E-state index contributed by atoms with van der Waals surface area (Å²) in [5, 5.41) is 4.70. The van der Waals surface area contributed by atoms with E-state index in [0.717, 1.165) is 19.0 Å². The Bertz CT molecular complexity index is 516. The lowest BCUT2D eigenvalue weighted by Gasteiger charge is -2.05. The van der Waals surface area contributed by atoms with Crippen molar-refractivity contribution in [1.29, 1.82) is 0 Å². The standard InChI is InChI=1S/C15H18N2/c1-2-16-10-12-9-14(12)13-7-3-5-11-6-4-8-17-15(11)13/h3-8,12,14,16H,2,9-10H2,1H3. The van der Waals surface area contributed by atoms with Gasteiger partial charge in [0.25, 0.3) is 0 Å². The van der Waals surface area contributed by atoms with Gasteiger partial charge in [-0.3, -0.25) is 4.98 Å². The molecule has 2 aromatic rings. The van der Waals surface area contributed by atoms with Gasteiger partial charge in [-0.1, -0.05) is 31.2 Å². The maximum atomic E-state index is 4.54. The molecule has 1 N–H and O–H groups in total. The smallest absolute Gasteiger partial charge is 0.0736 e. The highest BCUT2D eigenvalue weighted by Gasteiger charge is 2.38. The number of nitrogens with zero attached hydrogens (tertiary/aromatic N) is 1. The Kier molecular flexibility index (Phi) is 2.81. The van der Waals surface area contributed by atoms with Crippen LogP contribution in [0.5, 0.6) is 0 Å². The molecule has 1 aromatic carbocycles. The van der Waals surface area contributed by atoms with Crippen LogP contribution in [0, 0.1) is 5.92 Å². The second-order valence-electron chi connectivity index (χ2n) is 4.83. The Labute approximate surface area is 102 Å². The zero-order chi connectivity index (χ0) is 11.7. The van der Waals surface area contributed by atoms with Crippen molar-refractivity contribution >= 4 is 10.9 Å². The molecule has 2 atom stereocenters. The van der Waals surface area contributed by atoms with Crippen LogP contribution in [0.3, 0.4) is 0 Å². The van der Waals surface area contributed by atoms with Gasteiger partial charge in [-0.2, -0.15) is 0 Å². The molecule has 0 saturated heterocycles. The molecule has 0 aliphatic heterocycles.